The van der Waals surface area contributed by atoms with Crippen molar-refractivity contribution in [3.8, 4) is 0 Å². The summed E-state index contributed by atoms with van der Waals surface area (Å²) >= 11 is 13.4. The van der Waals surface area contributed by atoms with Gasteiger partial charge in [0.1, 0.15) is -0.0619 Å². The van der Waals surface area contributed by atoms with E-state index < -0.39 is 5.97 Å². The number of halogens is 6. The number of unbranched alkanes of at least 4 members (excludes halogenated alkanes) is 3. The van der Waals surface area contributed by atoms with Gasteiger partial charge < -0.3 is 50.2 Å². The Balaban J connectivity index is 0.000000612. The van der Waals surface area contributed by atoms with E-state index in [1.54, 1.807) is 29.7 Å². The summed E-state index contributed by atoms with van der Waals surface area (Å²) < 4.78 is 1.93. The first-order valence-electron chi connectivity index (χ1n) is 29.9. The van der Waals surface area contributed by atoms with E-state index >= 15 is 0 Å². The Morgan fingerprint density at radius 3 is 1.02 bits per heavy atom. The number of nitrogen functional groups attached to an aromatic ring is 3. The second-order valence-corrected chi connectivity index (χ2v) is 37.0. The van der Waals surface area contributed by atoms with Gasteiger partial charge in [-0.25, -0.2) is 5.48 Å². The first-order valence-corrected chi connectivity index (χ1v) is 38.2. The summed E-state index contributed by atoms with van der Waals surface area (Å²) in [5.74, 6) is 0.0165. The normalized spacial score (nSPS) is 11.1. The molecule has 92 heavy (non-hydrogen) atoms. The van der Waals surface area contributed by atoms with E-state index in [4.69, 9.17) is 27.5 Å². The topological polar surface area (TPSA) is 245 Å². The fourth-order valence-corrected chi connectivity index (χ4v) is 9.46. The number of hydroxylamine groups is 1. The van der Waals surface area contributed by atoms with Crippen LogP contribution in [0.4, 0.5) is 22.7 Å². The predicted molar refractivity (Wildman–Crippen MR) is 432 cm³/mol. The number of anilines is 4. The number of carboxylic acid groups (broad SMARTS) is 1. The van der Waals surface area contributed by atoms with Crippen molar-refractivity contribution in [2.45, 2.75) is 117 Å². The number of fused-ring (bicyclic) bond motifs is 3. The quantitative estimate of drug-likeness (QED) is 0.00415. The largest absolute Gasteiger partial charge is 0.481 e. The molecule has 2 amide bonds. The van der Waals surface area contributed by atoms with Gasteiger partial charge >= 0.3 is 5.97 Å². The minimum Gasteiger partial charge on any atom is -0.481 e. The first kappa shape index (κ1) is 86.3. The molecule has 495 valence electrons. The number of benzene rings is 8. The van der Waals surface area contributed by atoms with Gasteiger partial charge in [-0.15, -0.1) is 0 Å². The summed E-state index contributed by atoms with van der Waals surface area (Å²) in [6.07, 6.45) is 10.4. The standard InChI is InChI=1S/C25H28N2O2.C19H23NO3.C19H22O3.C6H8N2.CHI3.CH2I2.CH2I.V/c1-18(16-25(29)27-23-12-6-5-11-22(23)26)8-2-7-13-24(28)21-15-14-19-9-3-4-10-20(19)17-21;1-14(12-19(22)20-23)6-2-5-9-18(21)17-11-10-15-7-3-4-8-16(15)13-17;1-14(12-19(21)22)6-2-5-9-18(20)17-11-10-15-7-3-4-8-16(15)13-17;7-5-3-1-2-4-6(5)8;2-1(3)4;2-1-3;1-2;/h3-6,9-12,14-15,17-18H,2,7-8,13,16,26H2,1H3,(H,27,29);3-4,7-8,10-11,13-14,23H,2,5-6,9,12H2,1H3,(H,20,22);3-4,7-8,10-11,13-14H,2,5-6,9,12H2,1H3,(H,21,22);1-4H,7-8H2;1H;1H2;1H2;/q;;;;;;-1;. The van der Waals surface area contributed by atoms with Crippen LogP contribution in [0, 0.1) is 22.7 Å². The third-order valence-corrected chi connectivity index (χ3v) is 14.2. The van der Waals surface area contributed by atoms with Gasteiger partial charge in [0.25, 0.3) is 0 Å². The van der Waals surface area contributed by atoms with Crippen molar-refractivity contribution in [2.24, 2.45) is 17.8 Å². The molecule has 8 rings (SSSR count). The van der Waals surface area contributed by atoms with Crippen LogP contribution in [0.5, 0.6) is 0 Å². The van der Waals surface area contributed by atoms with Crippen molar-refractivity contribution in [1.82, 2.24) is 5.48 Å². The number of Topliss-reactive ketones (excluding diaryl/α,β-unsaturated/α-hetero) is 3. The van der Waals surface area contributed by atoms with Crippen molar-refractivity contribution in [2.75, 3.05) is 25.0 Å². The molecule has 20 heteroatoms. The molecule has 0 bridgehead atoms. The molecule has 13 nitrogen and oxygen atoms in total. The molecule has 0 saturated carbocycles. The van der Waals surface area contributed by atoms with E-state index in [9.17, 15) is 28.8 Å². The van der Waals surface area contributed by atoms with E-state index in [0.717, 1.165) is 107 Å². The molecule has 3 unspecified atom stereocenters. The maximum atomic E-state index is 12.5. The van der Waals surface area contributed by atoms with E-state index in [2.05, 4.69) is 130 Å². The summed E-state index contributed by atoms with van der Waals surface area (Å²) in [5, 5.41) is 26.8. The summed E-state index contributed by atoms with van der Waals surface area (Å²) in [6.45, 7) is 5.98. The number of ketones is 3. The predicted octanol–water partition coefficient (Wildman–Crippen LogP) is 21.1. The molecule has 8 aromatic rings. The number of hydrogen-bond acceptors (Lipinski definition) is 10. The maximum Gasteiger partial charge on any atom is 0.303 e. The molecule has 3 atom stereocenters. The third-order valence-electron chi connectivity index (χ3n) is 14.2. The number of carboxylic acids is 1. The van der Waals surface area contributed by atoms with Crippen molar-refractivity contribution in [3.05, 3.63) is 198 Å². The fraction of sp³-hybridized carbons (Fsp3) is 0.319. The van der Waals surface area contributed by atoms with Crippen LogP contribution in [0.2, 0.25) is 0 Å². The Hall–Kier alpha value is -3.72. The summed E-state index contributed by atoms with van der Waals surface area (Å²) in [6, 6.07) is 56.1. The SMILES string of the molecule is CC(CCCCC(=O)c1ccc2ccccc2c1)CC(=O)NO.CC(CCCCC(=O)c1ccc2ccccc2c1)CC(=O)Nc1ccccc1N.CC(CCCCC(=O)c1ccc2ccccc2c1)CC(=O)O.IC(I)I.ICI.Nc1ccccc1N.[CH2-]I.[V]. The second-order valence-electron chi connectivity index (χ2n) is 21.7. The maximum absolute atomic E-state index is 12.5. The summed E-state index contributed by atoms with van der Waals surface area (Å²) in [4.78, 5) is 74.0. The Morgan fingerprint density at radius 1 is 0.435 bits per heavy atom. The zero-order chi connectivity index (χ0) is 67.5. The van der Waals surface area contributed by atoms with Crippen LogP contribution in [-0.4, -0.2) is 47.8 Å². The number of para-hydroxylation sites is 4. The van der Waals surface area contributed by atoms with Crippen LogP contribution >= 0.6 is 136 Å². The van der Waals surface area contributed by atoms with Crippen LogP contribution < -0.4 is 28.0 Å². The molecule has 0 aromatic heterocycles. The minimum absolute atomic E-state index is 0. The van der Waals surface area contributed by atoms with Crippen LogP contribution in [0.15, 0.2) is 176 Å². The van der Waals surface area contributed by atoms with E-state index in [1.165, 1.54) is 2.43 Å². The minimum atomic E-state index is -0.750. The van der Waals surface area contributed by atoms with Gasteiger partial charge in [-0.1, -0.05) is 306 Å². The summed E-state index contributed by atoms with van der Waals surface area (Å²) in [7, 11) is 0. The van der Waals surface area contributed by atoms with Gasteiger partial charge in [-0.2, -0.15) is 0 Å². The molecular weight excluding hydrogens is 1880 g/mol. The number of amides is 2. The Bertz CT molecular complexity index is 3450. The van der Waals surface area contributed by atoms with Gasteiger partial charge in [0.05, 0.1) is 25.2 Å². The number of rotatable bonds is 25. The number of hydrogen-bond donors (Lipinski definition) is 7. The zero-order valence-electron chi connectivity index (χ0n) is 52.4. The molecule has 0 saturated heterocycles. The van der Waals surface area contributed by atoms with Gasteiger partial charge in [0.2, 0.25) is 11.8 Å². The van der Waals surface area contributed by atoms with Crippen LogP contribution in [0.3, 0.4) is 0 Å². The molecule has 0 aliphatic carbocycles. The molecule has 0 aliphatic rings. The monoisotopic (exact) mass is 1960 g/mol. The van der Waals surface area contributed by atoms with Gasteiger partial charge in [-0.05, 0) is 112 Å². The Kier molecular flexibility index (Phi) is 48.3. The summed E-state index contributed by atoms with van der Waals surface area (Å²) in [5.41, 5.74) is 23.1. The molecule has 0 fully saturated rings. The number of aliphatic carboxylic acids is 1. The number of carbonyl (C=O) groups excluding carboxylic acids is 5. The van der Waals surface area contributed by atoms with Crippen molar-refractivity contribution < 1.29 is 57.6 Å². The molecule has 0 heterocycles. The molecule has 0 aliphatic heterocycles. The third kappa shape index (κ3) is 37.5. The van der Waals surface area contributed by atoms with Crippen molar-refractivity contribution in [1.29, 1.82) is 0 Å². The van der Waals surface area contributed by atoms with Gasteiger partial charge in [0, 0.05) is 73.8 Å². The van der Waals surface area contributed by atoms with Gasteiger partial charge in [-0.3, -0.25) is 38.9 Å². The number of nitrogens with two attached hydrogens (primary N) is 3. The van der Waals surface area contributed by atoms with Crippen LogP contribution in [0.1, 0.15) is 148 Å². The van der Waals surface area contributed by atoms with E-state index in [1.807, 2.05) is 188 Å². The van der Waals surface area contributed by atoms with Crippen molar-refractivity contribution in [3.63, 3.8) is 0 Å². The Morgan fingerprint density at radius 2 is 0.717 bits per heavy atom. The zero-order valence-corrected chi connectivity index (χ0v) is 66.7. The number of carbonyl (C=O) groups is 6. The van der Waals surface area contributed by atoms with Crippen LogP contribution in [-0.2, 0) is 32.9 Å². The number of nitrogens with one attached hydrogen (secondary N) is 2. The molecule has 1 radical (unpaired) electrons. The number of alkyl halides is 5. The molecular formula is C72H86I6N5O8V-. The van der Waals surface area contributed by atoms with Gasteiger partial charge in [0.15, 0.2) is 17.3 Å². The first-order chi connectivity index (χ1) is 43.6. The average Bonchev–Trinajstić information content (AvgIpc) is 0.945. The van der Waals surface area contributed by atoms with Crippen LogP contribution in [0.25, 0.3) is 32.3 Å². The Labute approximate surface area is 638 Å². The second kappa shape index (κ2) is 51.5. The smallest absolute Gasteiger partial charge is 0.303 e. The van der Waals surface area contributed by atoms with Crippen molar-refractivity contribution >= 4 is 226 Å². The van der Waals surface area contributed by atoms with E-state index in [-0.39, 0.29) is 71.9 Å². The molecule has 0 spiro atoms. The molecule has 10 N–H and O–H groups in total. The molecule has 8 aromatic carbocycles. The van der Waals surface area contributed by atoms with E-state index in [0.29, 0.717) is 54.9 Å². The average molecular weight is 1960 g/mol. The fourth-order valence-electron chi connectivity index (χ4n) is 9.46.